The minimum Gasteiger partial charge on any atom is -0.294 e. The van der Waals surface area contributed by atoms with Crippen LogP contribution in [0.2, 0.25) is 0 Å². The number of nitrogens with zero attached hydrogens (tertiary/aromatic N) is 2. The molecule has 1 unspecified atom stereocenters. The normalized spacial score (nSPS) is 20.8. The van der Waals surface area contributed by atoms with Crippen LogP contribution >= 0.6 is 0 Å². The van der Waals surface area contributed by atoms with E-state index < -0.39 is 10.0 Å². The number of rotatable bonds is 3. The van der Waals surface area contributed by atoms with Crippen molar-refractivity contribution in [3.8, 4) is 0 Å². The van der Waals surface area contributed by atoms with Gasteiger partial charge in [0.25, 0.3) is 0 Å². The Hall–Kier alpha value is -0.910. The Labute approximate surface area is 109 Å². The van der Waals surface area contributed by atoms with Gasteiger partial charge in [-0.1, -0.05) is 30.3 Å². The topological polar surface area (TPSA) is 40.6 Å². The standard InChI is InChI=1S/C13H20N2O2S/c1-12(13-6-4-3-5-7-13)14-8-10-15(11-9-14)18(2,16)17/h3-7,12H,8-11H2,1-2H3. The summed E-state index contributed by atoms with van der Waals surface area (Å²) in [5.41, 5.74) is 1.28. The molecule has 0 radical (unpaired) electrons. The maximum Gasteiger partial charge on any atom is 0.211 e. The van der Waals surface area contributed by atoms with Gasteiger partial charge in [0, 0.05) is 32.2 Å². The van der Waals surface area contributed by atoms with Gasteiger partial charge in [0.05, 0.1) is 6.26 Å². The predicted octanol–water partition coefficient (Wildman–Crippen LogP) is 1.32. The average Bonchev–Trinajstić information content (AvgIpc) is 2.38. The molecule has 5 heteroatoms. The molecule has 4 nitrogen and oxygen atoms in total. The van der Waals surface area contributed by atoms with E-state index in [9.17, 15) is 8.42 Å². The first-order valence-corrected chi connectivity index (χ1v) is 8.07. The van der Waals surface area contributed by atoms with Crippen molar-refractivity contribution in [3.05, 3.63) is 35.9 Å². The van der Waals surface area contributed by atoms with Crippen molar-refractivity contribution in [1.29, 1.82) is 0 Å². The highest BCUT2D eigenvalue weighted by molar-refractivity contribution is 7.88. The molecule has 0 bridgehead atoms. The van der Waals surface area contributed by atoms with Crippen molar-refractivity contribution in [2.24, 2.45) is 0 Å². The summed E-state index contributed by atoms with van der Waals surface area (Å²) in [6.45, 7) is 4.95. The molecule has 0 N–H and O–H groups in total. The van der Waals surface area contributed by atoms with E-state index >= 15 is 0 Å². The Bertz CT molecular complexity index is 479. The minimum atomic E-state index is -3.03. The Morgan fingerprint density at radius 1 is 1.06 bits per heavy atom. The van der Waals surface area contributed by atoms with Crippen LogP contribution in [0, 0.1) is 0 Å². The molecule has 1 heterocycles. The van der Waals surface area contributed by atoms with E-state index in [4.69, 9.17) is 0 Å². The molecule has 0 amide bonds. The molecular weight excluding hydrogens is 248 g/mol. The average molecular weight is 268 g/mol. The Morgan fingerprint density at radius 2 is 1.61 bits per heavy atom. The number of sulfonamides is 1. The van der Waals surface area contributed by atoms with E-state index in [0.29, 0.717) is 19.1 Å². The molecule has 1 aliphatic heterocycles. The summed E-state index contributed by atoms with van der Waals surface area (Å²) < 4.78 is 24.4. The summed E-state index contributed by atoms with van der Waals surface area (Å²) in [6, 6.07) is 10.7. The van der Waals surface area contributed by atoms with Crippen LogP contribution in [0.25, 0.3) is 0 Å². The van der Waals surface area contributed by atoms with E-state index in [2.05, 4.69) is 24.0 Å². The predicted molar refractivity (Wildman–Crippen MR) is 72.8 cm³/mol. The second kappa shape index (κ2) is 5.38. The van der Waals surface area contributed by atoms with Crippen LogP contribution in [0.4, 0.5) is 0 Å². The lowest BCUT2D eigenvalue weighted by molar-refractivity contribution is 0.146. The van der Waals surface area contributed by atoms with Crippen LogP contribution < -0.4 is 0 Å². The largest absolute Gasteiger partial charge is 0.294 e. The van der Waals surface area contributed by atoms with Gasteiger partial charge >= 0.3 is 0 Å². The first kappa shape index (κ1) is 13.5. The van der Waals surface area contributed by atoms with Gasteiger partial charge in [-0.3, -0.25) is 4.90 Å². The van der Waals surface area contributed by atoms with E-state index in [-0.39, 0.29) is 0 Å². The lowest BCUT2D eigenvalue weighted by atomic mass is 10.1. The van der Waals surface area contributed by atoms with E-state index in [1.54, 1.807) is 4.31 Å². The smallest absolute Gasteiger partial charge is 0.211 e. The zero-order chi connectivity index (χ0) is 13.2. The number of benzene rings is 1. The molecule has 1 atom stereocenters. The van der Waals surface area contributed by atoms with Crippen LogP contribution in [-0.2, 0) is 10.0 Å². The first-order valence-electron chi connectivity index (χ1n) is 6.22. The molecule has 1 fully saturated rings. The Kier molecular flexibility index (Phi) is 4.04. The lowest BCUT2D eigenvalue weighted by Gasteiger charge is -2.37. The van der Waals surface area contributed by atoms with Crippen LogP contribution in [0.15, 0.2) is 30.3 Å². The molecule has 1 aromatic carbocycles. The molecule has 0 aliphatic carbocycles. The van der Waals surface area contributed by atoms with Crippen molar-refractivity contribution in [2.45, 2.75) is 13.0 Å². The van der Waals surface area contributed by atoms with Gasteiger partial charge in [0.1, 0.15) is 0 Å². The van der Waals surface area contributed by atoms with Gasteiger partial charge in [-0.2, -0.15) is 4.31 Å². The zero-order valence-corrected chi connectivity index (χ0v) is 11.7. The van der Waals surface area contributed by atoms with Gasteiger partial charge in [-0.25, -0.2) is 8.42 Å². The number of hydrogen-bond donors (Lipinski definition) is 0. The molecule has 18 heavy (non-hydrogen) atoms. The van der Waals surface area contributed by atoms with Crippen LogP contribution in [0.5, 0.6) is 0 Å². The fourth-order valence-electron chi connectivity index (χ4n) is 2.36. The van der Waals surface area contributed by atoms with Crippen LogP contribution in [0.3, 0.4) is 0 Å². The van der Waals surface area contributed by atoms with E-state index in [1.807, 2.05) is 18.2 Å². The van der Waals surface area contributed by atoms with Crippen molar-refractivity contribution >= 4 is 10.0 Å². The third kappa shape index (κ3) is 3.10. The second-order valence-electron chi connectivity index (χ2n) is 4.78. The molecule has 0 saturated carbocycles. The number of hydrogen-bond acceptors (Lipinski definition) is 3. The van der Waals surface area contributed by atoms with Gasteiger partial charge in [0.15, 0.2) is 0 Å². The third-order valence-electron chi connectivity index (χ3n) is 3.57. The summed E-state index contributed by atoms with van der Waals surface area (Å²) in [5.74, 6) is 0. The van der Waals surface area contributed by atoms with Crippen molar-refractivity contribution < 1.29 is 8.42 Å². The quantitative estimate of drug-likeness (QED) is 0.830. The third-order valence-corrected chi connectivity index (χ3v) is 4.88. The lowest BCUT2D eigenvalue weighted by Crippen LogP contribution is -2.48. The Morgan fingerprint density at radius 3 is 2.11 bits per heavy atom. The van der Waals surface area contributed by atoms with Gasteiger partial charge in [-0.15, -0.1) is 0 Å². The molecule has 1 aromatic rings. The van der Waals surface area contributed by atoms with Crippen LogP contribution in [-0.4, -0.2) is 50.1 Å². The number of piperazine rings is 1. The van der Waals surface area contributed by atoms with Gasteiger partial charge < -0.3 is 0 Å². The summed E-state index contributed by atoms with van der Waals surface area (Å²) in [4.78, 5) is 2.33. The second-order valence-corrected chi connectivity index (χ2v) is 6.77. The molecule has 1 saturated heterocycles. The zero-order valence-electron chi connectivity index (χ0n) is 10.9. The summed E-state index contributed by atoms with van der Waals surface area (Å²) in [5, 5.41) is 0. The fourth-order valence-corrected chi connectivity index (χ4v) is 3.19. The first-order chi connectivity index (χ1) is 8.48. The molecule has 100 valence electrons. The Balaban J connectivity index is 1.98. The molecule has 0 aromatic heterocycles. The molecule has 2 rings (SSSR count). The van der Waals surface area contributed by atoms with Crippen molar-refractivity contribution in [2.75, 3.05) is 32.4 Å². The van der Waals surface area contributed by atoms with Crippen LogP contribution in [0.1, 0.15) is 18.5 Å². The fraction of sp³-hybridized carbons (Fsp3) is 0.538. The minimum absolute atomic E-state index is 0.341. The monoisotopic (exact) mass is 268 g/mol. The highest BCUT2D eigenvalue weighted by Crippen LogP contribution is 2.21. The van der Waals surface area contributed by atoms with E-state index in [1.165, 1.54) is 11.8 Å². The van der Waals surface area contributed by atoms with Gasteiger partial charge in [0.2, 0.25) is 10.0 Å². The summed E-state index contributed by atoms with van der Waals surface area (Å²) in [7, 11) is -3.03. The van der Waals surface area contributed by atoms with Crippen molar-refractivity contribution in [3.63, 3.8) is 0 Å². The summed E-state index contributed by atoms with van der Waals surface area (Å²) >= 11 is 0. The molecule has 1 aliphatic rings. The maximum absolute atomic E-state index is 11.4. The maximum atomic E-state index is 11.4. The highest BCUT2D eigenvalue weighted by Gasteiger charge is 2.26. The summed E-state index contributed by atoms with van der Waals surface area (Å²) in [6.07, 6.45) is 1.28. The van der Waals surface area contributed by atoms with E-state index in [0.717, 1.165) is 13.1 Å². The SMILES string of the molecule is CC(c1ccccc1)N1CCN(S(C)(=O)=O)CC1. The van der Waals surface area contributed by atoms with Crippen molar-refractivity contribution in [1.82, 2.24) is 9.21 Å². The molecular formula is C13H20N2O2S. The molecule has 0 spiro atoms. The highest BCUT2D eigenvalue weighted by atomic mass is 32.2. The van der Waals surface area contributed by atoms with Gasteiger partial charge in [-0.05, 0) is 12.5 Å².